The van der Waals surface area contributed by atoms with E-state index >= 15 is 0 Å². The van der Waals surface area contributed by atoms with Crippen LogP contribution in [-0.4, -0.2) is 32.1 Å². The van der Waals surface area contributed by atoms with E-state index in [1.807, 2.05) is 13.0 Å². The number of benzene rings is 3. The van der Waals surface area contributed by atoms with Gasteiger partial charge in [-0.3, -0.25) is 9.59 Å². The van der Waals surface area contributed by atoms with Crippen molar-refractivity contribution in [3.63, 3.8) is 0 Å². The highest BCUT2D eigenvalue weighted by Crippen LogP contribution is 2.31. The molecule has 1 aliphatic rings. The second-order valence-corrected chi connectivity index (χ2v) is 7.03. The van der Waals surface area contributed by atoms with Crippen LogP contribution >= 0.6 is 0 Å². The number of carbonyl (C=O) groups is 2. The average molecular weight is 418 g/mol. The maximum absolute atomic E-state index is 12.7. The van der Waals surface area contributed by atoms with E-state index in [1.54, 1.807) is 61.7 Å². The van der Waals surface area contributed by atoms with Gasteiger partial charge < -0.3 is 24.8 Å². The minimum absolute atomic E-state index is 0.266. The maximum Gasteiger partial charge on any atom is 0.255 e. The first-order valence-corrected chi connectivity index (χ1v) is 9.80. The highest BCUT2D eigenvalue weighted by Gasteiger charge is 2.16. The minimum Gasteiger partial charge on any atom is -0.497 e. The Morgan fingerprint density at radius 3 is 2.39 bits per heavy atom. The topological polar surface area (TPSA) is 85.9 Å². The molecule has 0 aromatic heterocycles. The van der Waals surface area contributed by atoms with Crippen LogP contribution in [0.2, 0.25) is 0 Å². The van der Waals surface area contributed by atoms with Crippen LogP contribution in [0.1, 0.15) is 26.3 Å². The monoisotopic (exact) mass is 418 g/mol. The van der Waals surface area contributed by atoms with Crippen LogP contribution in [0.3, 0.4) is 0 Å². The van der Waals surface area contributed by atoms with Gasteiger partial charge in [0.15, 0.2) is 11.5 Å². The van der Waals surface area contributed by atoms with Gasteiger partial charge in [0.05, 0.1) is 7.11 Å². The Bertz CT molecular complexity index is 1140. The van der Waals surface area contributed by atoms with Crippen LogP contribution in [0.5, 0.6) is 17.2 Å². The van der Waals surface area contributed by atoms with Gasteiger partial charge in [0, 0.05) is 22.5 Å². The lowest BCUT2D eigenvalue weighted by Gasteiger charge is -2.18. The molecule has 31 heavy (non-hydrogen) atoms. The number of methoxy groups -OCH3 is 1. The number of hydrogen-bond acceptors (Lipinski definition) is 5. The number of aryl methyl sites for hydroxylation is 1. The fraction of sp³-hybridized carbons (Fsp3) is 0.167. The molecule has 4 rings (SSSR count). The number of ether oxygens (including phenoxy) is 3. The number of fused-ring (bicyclic) bond motifs is 1. The van der Waals surface area contributed by atoms with E-state index in [0.717, 1.165) is 5.56 Å². The van der Waals surface area contributed by atoms with Crippen LogP contribution in [0.25, 0.3) is 0 Å². The molecule has 3 aromatic rings. The van der Waals surface area contributed by atoms with Crippen molar-refractivity contribution in [1.82, 2.24) is 0 Å². The molecule has 0 unspecified atom stereocenters. The molecule has 0 bridgehead atoms. The normalized spacial score (nSPS) is 12.1. The van der Waals surface area contributed by atoms with Crippen molar-refractivity contribution in [2.75, 3.05) is 31.0 Å². The molecule has 7 nitrogen and oxygen atoms in total. The smallest absolute Gasteiger partial charge is 0.255 e. The van der Waals surface area contributed by atoms with Gasteiger partial charge in [0.1, 0.15) is 19.0 Å². The number of nitrogens with one attached hydrogen (secondary N) is 2. The number of rotatable bonds is 5. The van der Waals surface area contributed by atoms with Gasteiger partial charge in [0.2, 0.25) is 0 Å². The molecular weight excluding hydrogens is 396 g/mol. The zero-order chi connectivity index (χ0) is 21.8. The molecule has 0 radical (unpaired) electrons. The van der Waals surface area contributed by atoms with Crippen LogP contribution in [0, 0.1) is 6.92 Å². The second-order valence-electron chi connectivity index (χ2n) is 7.03. The van der Waals surface area contributed by atoms with Gasteiger partial charge in [-0.25, -0.2) is 0 Å². The van der Waals surface area contributed by atoms with Crippen LogP contribution < -0.4 is 24.8 Å². The standard InChI is InChI=1S/C24H22N2O5/c1-15-6-8-18(14-20(15)26-24(28)16-4-3-5-19(12-16)29-2)25-23(27)17-7-9-21-22(13-17)31-11-10-30-21/h3-9,12-14H,10-11H2,1-2H3,(H,25,27)(H,26,28). The molecule has 1 heterocycles. The first kappa shape index (κ1) is 20.3. The quantitative estimate of drug-likeness (QED) is 0.646. The van der Waals surface area contributed by atoms with E-state index in [4.69, 9.17) is 14.2 Å². The summed E-state index contributed by atoms with van der Waals surface area (Å²) in [6.07, 6.45) is 0. The summed E-state index contributed by atoms with van der Waals surface area (Å²) < 4.78 is 16.2. The first-order valence-electron chi connectivity index (χ1n) is 9.80. The third kappa shape index (κ3) is 4.61. The zero-order valence-corrected chi connectivity index (χ0v) is 17.2. The van der Waals surface area contributed by atoms with Gasteiger partial charge >= 0.3 is 0 Å². The molecule has 1 aliphatic heterocycles. The molecular formula is C24H22N2O5. The van der Waals surface area contributed by atoms with Crippen LogP contribution in [-0.2, 0) is 0 Å². The highest BCUT2D eigenvalue weighted by atomic mass is 16.6. The Morgan fingerprint density at radius 2 is 1.58 bits per heavy atom. The van der Waals surface area contributed by atoms with Crippen molar-refractivity contribution in [2.45, 2.75) is 6.92 Å². The molecule has 2 N–H and O–H groups in total. The molecule has 0 saturated carbocycles. The lowest BCUT2D eigenvalue weighted by Crippen LogP contribution is -2.17. The van der Waals surface area contributed by atoms with E-state index in [-0.39, 0.29) is 11.8 Å². The minimum atomic E-state index is -0.286. The Labute approximate surface area is 179 Å². The molecule has 3 aromatic carbocycles. The van der Waals surface area contributed by atoms with E-state index in [1.165, 1.54) is 0 Å². The third-order valence-electron chi connectivity index (χ3n) is 4.88. The molecule has 2 amide bonds. The molecule has 0 atom stereocenters. The van der Waals surface area contributed by atoms with E-state index < -0.39 is 0 Å². The van der Waals surface area contributed by atoms with Crippen molar-refractivity contribution in [3.8, 4) is 17.2 Å². The number of anilines is 2. The zero-order valence-electron chi connectivity index (χ0n) is 17.2. The number of carbonyl (C=O) groups excluding carboxylic acids is 2. The fourth-order valence-corrected chi connectivity index (χ4v) is 3.18. The highest BCUT2D eigenvalue weighted by molar-refractivity contribution is 6.07. The van der Waals surface area contributed by atoms with Gasteiger partial charge in [0.25, 0.3) is 11.8 Å². The average Bonchev–Trinajstić information content (AvgIpc) is 2.80. The predicted octanol–water partition coefficient (Wildman–Crippen LogP) is 4.28. The molecule has 0 spiro atoms. The lowest BCUT2D eigenvalue weighted by molar-refractivity contribution is 0.101. The lowest BCUT2D eigenvalue weighted by atomic mass is 10.1. The molecule has 0 fully saturated rings. The van der Waals surface area contributed by atoms with Crippen molar-refractivity contribution < 1.29 is 23.8 Å². The summed E-state index contributed by atoms with van der Waals surface area (Å²) in [5.41, 5.74) is 2.96. The summed E-state index contributed by atoms with van der Waals surface area (Å²) >= 11 is 0. The maximum atomic E-state index is 12.7. The Morgan fingerprint density at radius 1 is 0.839 bits per heavy atom. The summed E-state index contributed by atoms with van der Waals surface area (Å²) in [7, 11) is 1.55. The van der Waals surface area contributed by atoms with E-state index in [0.29, 0.717) is 53.0 Å². The van der Waals surface area contributed by atoms with E-state index in [9.17, 15) is 9.59 Å². The SMILES string of the molecule is COc1cccc(C(=O)Nc2cc(NC(=O)c3ccc4c(c3)OCCO4)ccc2C)c1. The first-order chi connectivity index (χ1) is 15.0. The molecule has 158 valence electrons. The predicted molar refractivity (Wildman–Crippen MR) is 118 cm³/mol. The molecule has 7 heteroatoms. The summed E-state index contributed by atoms with van der Waals surface area (Å²) in [5, 5.41) is 5.75. The molecule has 0 saturated heterocycles. The third-order valence-corrected chi connectivity index (χ3v) is 4.88. The summed E-state index contributed by atoms with van der Waals surface area (Å²) in [6.45, 7) is 2.83. The van der Waals surface area contributed by atoms with Crippen molar-refractivity contribution in [1.29, 1.82) is 0 Å². The largest absolute Gasteiger partial charge is 0.497 e. The summed E-state index contributed by atoms with van der Waals surface area (Å²) in [5.74, 6) is 1.22. The van der Waals surface area contributed by atoms with Crippen molar-refractivity contribution >= 4 is 23.2 Å². The molecule has 0 aliphatic carbocycles. The van der Waals surface area contributed by atoms with Crippen LogP contribution in [0.4, 0.5) is 11.4 Å². The summed E-state index contributed by atoms with van der Waals surface area (Å²) in [4.78, 5) is 25.3. The number of amides is 2. The van der Waals surface area contributed by atoms with Gasteiger partial charge in [-0.05, 0) is 61.0 Å². The van der Waals surface area contributed by atoms with Crippen LogP contribution in [0.15, 0.2) is 60.7 Å². The summed E-state index contributed by atoms with van der Waals surface area (Å²) in [6, 6.07) is 17.3. The Balaban J connectivity index is 1.49. The van der Waals surface area contributed by atoms with Gasteiger partial charge in [-0.1, -0.05) is 12.1 Å². The van der Waals surface area contributed by atoms with Gasteiger partial charge in [-0.2, -0.15) is 0 Å². The Kier molecular flexibility index (Phi) is 5.75. The second kappa shape index (κ2) is 8.79. The van der Waals surface area contributed by atoms with Crippen molar-refractivity contribution in [3.05, 3.63) is 77.4 Å². The Hall–Kier alpha value is -4.00. The van der Waals surface area contributed by atoms with Crippen molar-refractivity contribution in [2.24, 2.45) is 0 Å². The fourth-order valence-electron chi connectivity index (χ4n) is 3.18. The van der Waals surface area contributed by atoms with Gasteiger partial charge in [-0.15, -0.1) is 0 Å². The van der Waals surface area contributed by atoms with E-state index in [2.05, 4.69) is 10.6 Å². The number of hydrogen-bond donors (Lipinski definition) is 2.